The van der Waals surface area contributed by atoms with Crippen molar-refractivity contribution in [2.75, 3.05) is 5.75 Å². The third-order valence-corrected chi connectivity index (χ3v) is 0.907. The van der Waals surface area contributed by atoms with E-state index in [-0.39, 0.29) is 31.6 Å². The van der Waals surface area contributed by atoms with E-state index < -0.39 is 12.0 Å². The number of rotatable bonds is 2. The minimum atomic E-state index is -1.00. The standard InChI is InChI=1S/C3H7NO2S.Hf/c4-2(1-7)3(5)6;/h2,7H,1,4H2,(H,5,6);/t2-;/m0./s1. The number of hydrogen-bond donors (Lipinski definition) is 3. The molecule has 0 heterocycles. The molecule has 0 fully saturated rings. The predicted molar refractivity (Wildman–Crippen MR) is 29.5 cm³/mol. The molecule has 8 heavy (non-hydrogen) atoms. The van der Waals surface area contributed by atoms with E-state index in [1.54, 1.807) is 0 Å². The SMILES string of the molecule is N[C@@H](CS)C(=O)O.[Hf]. The molecule has 0 spiro atoms. The number of nitrogens with two attached hydrogens (primary N) is 1. The van der Waals surface area contributed by atoms with Crippen LogP contribution in [0, 0.1) is 0 Å². The van der Waals surface area contributed by atoms with Crippen LogP contribution in [-0.4, -0.2) is 22.9 Å². The summed E-state index contributed by atoms with van der Waals surface area (Å²) in [7, 11) is 0. The summed E-state index contributed by atoms with van der Waals surface area (Å²) in [4.78, 5) is 9.76. The van der Waals surface area contributed by atoms with Crippen LogP contribution in [0.2, 0.25) is 0 Å². The zero-order chi connectivity index (χ0) is 5.86. The number of thiol groups is 1. The molecule has 0 aromatic rings. The summed E-state index contributed by atoms with van der Waals surface area (Å²) in [5, 5.41) is 8.01. The van der Waals surface area contributed by atoms with Gasteiger partial charge in [0.25, 0.3) is 0 Å². The smallest absolute Gasteiger partial charge is 0.321 e. The van der Waals surface area contributed by atoms with Crippen LogP contribution in [0.4, 0.5) is 0 Å². The molecule has 0 radical (unpaired) electrons. The maximum atomic E-state index is 9.76. The first-order valence-electron chi connectivity index (χ1n) is 1.77. The van der Waals surface area contributed by atoms with Crippen molar-refractivity contribution in [1.29, 1.82) is 0 Å². The van der Waals surface area contributed by atoms with E-state index in [0.29, 0.717) is 0 Å². The van der Waals surface area contributed by atoms with E-state index in [2.05, 4.69) is 12.6 Å². The van der Waals surface area contributed by atoms with E-state index in [0.717, 1.165) is 0 Å². The molecule has 3 N–H and O–H groups in total. The minimum absolute atomic E-state index is 0. The normalized spacial score (nSPS) is 11.8. The molecule has 0 aromatic heterocycles. The largest absolute Gasteiger partial charge is 0.480 e. The van der Waals surface area contributed by atoms with Gasteiger partial charge in [-0.15, -0.1) is 0 Å². The fraction of sp³-hybridized carbons (Fsp3) is 0.667. The second kappa shape index (κ2) is 5.78. The Morgan fingerprint density at radius 2 is 2.25 bits per heavy atom. The summed E-state index contributed by atoms with van der Waals surface area (Å²) in [5.41, 5.74) is 4.94. The fourth-order valence-electron chi connectivity index (χ4n) is 0.0781. The van der Waals surface area contributed by atoms with Crippen LogP contribution >= 0.6 is 12.6 Å². The zero-order valence-electron chi connectivity index (χ0n) is 4.16. The Labute approximate surface area is 71.8 Å². The molecule has 1 atom stereocenters. The number of aliphatic carboxylic acids is 1. The molecule has 0 unspecified atom stereocenters. The van der Waals surface area contributed by atoms with Crippen molar-refractivity contribution in [3.63, 3.8) is 0 Å². The molecule has 5 heteroatoms. The molecule has 46 valence electrons. The number of carboxylic acid groups (broad SMARTS) is 1. The zero-order valence-corrected chi connectivity index (χ0v) is 8.65. The Hall–Kier alpha value is 0.650. The van der Waals surface area contributed by atoms with Gasteiger partial charge in [0.2, 0.25) is 0 Å². The first kappa shape index (κ1) is 11.4. The summed E-state index contributed by atoms with van der Waals surface area (Å²) in [6, 6.07) is -0.816. The molecule has 0 aromatic carbocycles. The van der Waals surface area contributed by atoms with Gasteiger partial charge < -0.3 is 10.8 Å². The third-order valence-electron chi connectivity index (χ3n) is 0.514. The second-order valence-corrected chi connectivity index (χ2v) is 1.49. The Bertz CT molecular complexity index is 79.7. The van der Waals surface area contributed by atoms with Gasteiger partial charge in [0.1, 0.15) is 6.04 Å². The first-order valence-corrected chi connectivity index (χ1v) is 2.41. The average Bonchev–Trinajstić information content (AvgIpc) is 1.65. The van der Waals surface area contributed by atoms with Crippen LogP contribution < -0.4 is 5.73 Å². The minimum Gasteiger partial charge on any atom is -0.480 e. The maximum absolute atomic E-state index is 9.76. The Morgan fingerprint density at radius 3 is 2.25 bits per heavy atom. The van der Waals surface area contributed by atoms with Gasteiger partial charge in [0.05, 0.1) is 0 Å². The summed E-state index contributed by atoms with van der Waals surface area (Å²) in [6.45, 7) is 0. The molecular formula is C3H7HfNO2S. The molecule has 0 amide bonds. The quantitative estimate of drug-likeness (QED) is 0.468. The molecule has 0 saturated heterocycles. The molecule has 0 aliphatic heterocycles. The maximum Gasteiger partial charge on any atom is 0.321 e. The van der Waals surface area contributed by atoms with Crippen molar-refractivity contribution in [3.8, 4) is 0 Å². The van der Waals surface area contributed by atoms with Crippen molar-refractivity contribution in [3.05, 3.63) is 0 Å². The Balaban J connectivity index is 0. The van der Waals surface area contributed by atoms with Crippen molar-refractivity contribution in [2.24, 2.45) is 5.73 Å². The van der Waals surface area contributed by atoms with Gasteiger partial charge in [-0.1, -0.05) is 0 Å². The first-order chi connectivity index (χ1) is 3.18. The summed E-state index contributed by atoms with van der Waals surface area (Å²) in [6.07, 6.45) is 0. The predicted octanol–water partition coefficient (Wildman–Crippen LogP) is -0.674. The second-order valence-electron chi connectivity index (χ2n) is 1.13. The van der Waals surface area contributed by atoms with Gasteiger partial charge >= 0.3 is 5.97 Å². The van der Waals surface area contributed by atoms with Crippen LogP contribution in [0.25, 0.3) is 0 Å². The number of hydrogen-bond acceptors (Lipinski definition) is 3. The number of carboxylic acids is 1. The summed E-state index contributed by atoms with van der Waals surface area (Å²) in [5.74, 6) is -0.815. The topological polar surface area (TPSA) is 63.3 Å². The van der Waals surface area contributed by atoms with Gasteiger partial charge in [0, 0.05) is 31.6 Å². The van der Waals surface area contributed by atoms with E-state index in [1.165, 1.54) is 0 Å². The van der Waals surface area contributed by atoms with Crippen molar-refractivity contribution >= 4 is 18.6 Å². The van der Waals surface area contributed by atoms with Crippen LogP contribution in [0.1, 0.15) is 0 Å². The molecule has 0 aliphatic rings. The van der Waals surface area contributed by atoms with Gasteiger partial charge in [-0.05, 0) is 0 Å². The van der Waals surface area contributed by atoms with E-state index >= 15 is 0 Å². The van der Waals surface area contributed by atoms with Gasteiger partial charge in [-0.2, -0.15) is 12.6 Å². The third kappa shape index (κ3) is 4.80. The monoisotopic (exact) mass is 301 g/mol. The summed E-state index contributed by atoms with van der Waals surface area (Å²) >= 11 is 3.65. The van der Waals surface area contributed by atoms with Crippen LogP contribution in [0.5, 0.6) is 0 Å². The van der Waals surface area contributed by atoms with Crippen LogP contribution in [-0.2, 0) is 30.6 Å². The van der Waals surface area contributed by atoms with Crippen molar-refractivity contribution in [1.82, 2.24) is 0 Å². The molecule has 0 rings (SSSR count). The van der Waals surface area contributed by atoms with Gasteiger partial charge in [-0.25, -0.2) is 0 Å². The molecule has 0 bridgehead atoms. The average molecular weight is 300 g/mol. The van der Waals surface area contributed by atoms with Gasteiger partial charge in [0.15, 0.2) is 0 Å². The molecule has 0 saturated carbocycles. The Kier molecular flexibility index (Phi) is 8.27. The Morgan fingerprint density at radius 1 is 1.88 bits per heavy atom. The number of carbonyl (C=O) groups is 1. The van der Waals surface area contributed by atoms with E-state index in [1.807, 2.05) is 0 Å². The molecular weight excluding hydrogens is 293 g/mol. The fourth-order valence-corrected chi connectivity index (χ4v) is 0.234. The van der Waals surface area contributed by atoms with Crippen LogP contribution in [0.3, 0.4) is 0 Å². The van der Waals surface area contributed by atoms with E-state index in [9.17, 15) is 4.79 Å². The summed E-state index contributed by atoms with van der Waals surface area (Å²) < 4.78 is 0. The van der Waals surface area contributed by atoms with Crippen molar-refractivity contribution < 1.29 is 35.7 Å². The van der Waals surface area contributed by atoms with Gasteiger partial charge in [-0.3, -0.25) is 4.79 Å². The van der Waals surface area contributed by atoms with Crippen molar-refractivity contribution in [2.45, 2.75) is 6.04 Å². The molecule has 3 nitrogen and oxygen atoms in total. The molecule has 0 aliphatic carbocycles. The van der Waals surface area contributed by atoms with E-state index in [4.69, 9.17) is 10.8 Å². The van der Waals surface area contributed by atoms with Crippen LogP contribution in [0.15, 0.2) is 0 Å².